The van der Waals surface area contributed by atoms with Crippen LogP contribution >= 0.6 is 11.6 Å². The van der Waals surface area contributed by atoms with Crippen molar-refractivity contribution < 1.29 is 4.79 Å². The van der Waals surface area contributed by atoms with Crippen molar-refractivity contribution in [2.24, 2.45) is 0 Å². The zero-order valence-electron chi connectivity index (χ0n) is 15.4. The number of nitrogens with zero attached hydrogens (tertiary/aromatic N) is 3. The number of nitrogens with one attached hydrogen (secondary N) is 1. The molecule has 1 amide bonds. The molecular formula is C22H21ClN4O. The summed E-state index contributed by atoms with van der Waals surface area (Å²) in [4.78, 5) is 23.9. The van der Waals surface area contributed by atoms with Crippen molar-refractivity contribution in [3.63, 3.8) is 0 Å². The van der Waals surface area contributed by atoms with E-state index in [0.29, 0.717) is 16.3 Å². The molecule has 5 nitrogen and oxygen atoms in total. The predicted molar refractivity (Wildman–Crippen MR) is 113 cm³/mol. The molecule has 1 aliphatic rings. The minimum atomic E-state index is -0.185. The Morgan fingerprint density at radius 2 is 1.68 bits per heavy atom. The highest BCUT2D eigenvalue weighted by atomic mass is 35.5. The Morgan fingerprint density at radius 1 is 0.929 bits per heavy atom. The van der Waals surface area contributed by atoms with Crippen LogP contribution < -0.4 is 10.2 Å². The summed E-state index contributed by atoms with van der Waals surface area (Å²) < 4.78 is 0. The van der Waals surface area contributed by atoms with Gasteiger partial charge in [0.25, 0.3) is 5.91 Å². The number of aromatic nitrogens is 2. The third kappa shape index (κ3) is 4.31. The maximum atomic E-state index is 12.6. The van der Waals surface area contributed by atoms with E-state index in [4.69, 9.17) is 11.6 Å². The van der Waals surface area contributed by atoms with Crippen LogP contribution in [0.25, 0.3) is 11.1 Å². The van der Waals surface area contributed by atoms with E-state index in [1.165, 1.54) is 19.3 Å². The summed E-state index contributed by atoms with van der Waals surface area (Å²) in [6, 6.07) is 14.5. The largest absolute Gasteiger partial charge is 0.341 e. The molecular weight excluding hydrogens is 372 g/mol. The Kier molecular flexibility index (Phi) is 5.53. The monoisotopic (exact) mass is 392 g/mol. The molecule has 1 aliphatic heterocycles. The number of hydrogen-bond donors (Lipinski definition) is 1. The second kappa shape index (κ2) is 8.40. The van der Waals surface area contributed by atoms with E-state index < -0.39 is 0 Å². The molecule has 0 unspecified atom stereocenters. The number of amides is 1. The average molecular weight is 393 g/mol. The summed E-state index contributed by atoms with van der Waals surface area (Å²) in [7, 11) is 0. The normalized spacial score (nSPS) is 14.0. The topological polar surface area (TPSA) is 58.1 Å². The molecule has 0 saturated carbocycles. The van der Waals surface area contributed by atoms with Gasteiger partial charge in [0.1, 0.15) is 0 Å². The third-order valence-electron chi connectivity index (χ3n) is 4.82. The van der Waals surface area contributed by atoms with Crippen molar-refractivity contribution in [1.29, 1.82) is 0 Å². The fraction of sp³-hybridized carbons (Fsp3) is 0.227. The Balaban J connectivity index is 1.50. The number of carbonyl (C=O) groups is 1. The highest BCUT2D eigenvalue weighted by Gasteiger charge is 2.14. The van der Waals surface area contributed by atoms with Gasteiger partial charge in [-0.1, -0.05) is 29.8 Å². The van der Waals surface area contributed by atoms with Crippen molar-refractivity contribution >= 4 is 29.1 Å². The SMILES string of the molecule is O=C(Nc1cccc(Cl)c1)c1cccc(-c2cnc(N3CCCCC3)nc2)c1. The maximum Gasteiger partial charge on any atom is 0.255 e. The molecule has 0 bridgehead atoms. The minimum absolute atomic E-state index is 0.185. The number of piperidine rings is 1. The lowest BCUT2D eigenvalue weighted by atomic mass is 10.1. The van der Waals surface area contributed by atoms with E-state index in [9.17, 15) is 4.79 Å². The fourth-order valence-corrected chi connectivity index (χ4v) is 3.53. The molecule has 3 aromatic rings. The first-order valence-electron chi connectivity index (χ1n) is 9.43. The summed E-state index contributed by atoms with van der Waals surface area (Å²) in [5.41, 5.74) is 3.02. The van der Waals surface area contributed by atoms with Gasteiger partial charge in [0.15, 0.2) is 0 Å². The molecule has 1 N–H and O–H groups in total. The first kappa shape index (κ1) is 18.4. The van der Waals surface area contributed by atoms with E-state index in [0.717, 1.165) is 30.2 Å². The highest BCUT2D eigenvalue weighted by Crippen LogP contribution is 2.22. The van der Waals surface area contributed by atoms with Crippen molar-refractivity contribution in [3.05, 3.63) is 71.5 Å². The molecule has 4 rings (SSSR count). The Labute approximate surface area is 169 Å². The van der Waals surface area contributed by atoms with E-state index in [2.05, 4.69) is 20.2 Å². The summed E-state index contributed by atoms with van der Waals surface area (Å²) in [6.07, 6.45) is 7.30. The molecule has 2 aromatic carbocycles. The zero-order chi connectivity index (χ0) is 19.3. The highest BCUT2D eigenvalue weighted by molar-refractivity contribution is 6.31. The van der Waals surface area contributed by atoms with Gasteiger partial charge in [0.05, 0.1) is 0 Å². The van der Waals surface area contributed by atoms with Gasteiger partial charge in [-0.2, -0.15) is 0 Å². The van der Waals surface area contributed by atoms with Crippen molar-refractivity contribution in [3.8, 4) is 11.1 Å². The first-order valence-corrected chi connectivity index (χ1v) is 9.81. The van der Waals surface area contributed by atoms with Gasteiger partial charge >= 0.3 is 0 Å². The number of anilines is 2. The van der Waals surface area contributed by atoms with Crippen LogP contribution in [0.2, 0.25) is 5.02 Å². The first-order chi connectivity index (χ1) is 13.7. The molecule has 0 aliphatic carbocycles. The van der Waals surface area contributed by atoms with Gasteiger partial charge in [-0.05, 0) is 55.2 Å². The molecule has 0 radical (unpaired) electrons. The van der Waals surface area contributed by atoms with E-state index in [1.54, 1.807) is 30.3 Å². The van der Waals surface area contributed by atoms with E-state index in [1.807, 2.05) is 30.6 Å². The van der Waals surface area contributed by atoms with Crippen LogP contribution in [-0.4, -0.2) is 29.0 Å². The third-order valence-corrected chi connectivity index (χ3v) is 5.05. The molecule has 0 spiro atoms. The lowest BCUT2D eigenvalue weighted by molar-refractivity contribution is 0.102. The fourth-order valence-electron chi connectivity index (χ4n) is 3.34. The molecule has 6 heteroatoms. The van der Waals surface area contributed by atoms with E-state index in [-0.39, 0.29) is 5.91 Å². The zero-order valence-corrected chi connectivity index (χ0v) is 16.2. The minimum Gasteiger partial charge on any atom is -0.341 e. The number of hydrogen-bond acceptors (Lipinski definition) is 4. The molecule has 28 heavy (non-hydrogen) atoms. The molecule has 1 aromatic heterocycles. The number of rotatable bonds is 4. The standard InChI is InChI=1S/C22H21ClN4O/c23-19-8-5-9-20(13-19)26-21(28)17-7-4-6-16(12-17)18-14-24-22(25-15-18)27-10-2-1-3-11-27/h4-9,12-15H,1-3,10-11H2,(H,26,28). The van der Waals surface area contributed by atoms with Crippen LogP contribution in [0, 0.1) is 0 Å². The molecule has 1 saturated heterocycles. The Bertz CT molecular complexity index is 968. The smallest absolute Gasteiger partial charge is 0.255 e. The van der Waals surface area contributed by atoms with Crippen LogP contribution in [0.1, 0.15) is 29.6 Å². The van der Waals surface area contributed by atoms with Gasteiger partial charge in [-0.3, -0.25) is 4.79 Å². The van der Waals surface area contributed by atoms with Crippen LogP contribution in [0.15, 0.2) is 60.9 Å². The van der Waals surface area contributed by atoms with Crippen LogP contribution in [0.5, 0.6) is 0 Å². The van der Waals surface area contributed by atoms with Crippen molar-refractivity contribution in [2.45, 2.75) is 19.3 Å². The summed E-state index contributed by atoms with van der Waals surface area (Å²) in [5.74, 6) is 0.591. The number of benzene rings is 2. The van der Waals surface area contributed by atoms with Crippen LogP contribution in [0.3, 0.4) is 0 Å². The van der Waals surface area contributed by atoms with Crippen molar-refractivity contribution in [1.82, 2.24) is 9.97 Å². The summed E-state index contributed by atoms with van der Waals surface area (Å²) >= 11 is 5.98. The van der Waals surface area contributed by atoms with Crippen molar-refractivity contribution in [2.75, 3.05) is 23.3 Å². The second-order valence-electron chi connectivity index (χ2n) is 6.86. The van der Waals surface area contributed by atoms with Gasteiger partial charge < -0.3 is 10.2 Å². The molecule has 142 valence electrons. The average Bonchev–Trinajstić information content (AvgIpc) is 2.75. The van der Waals surface area contributed by atoms with Gasteiger partial charge in [0.2, 0.25) is 5.95 Å². The maximum absolute atomic E-state index is 12.6. The molecule has 2 heterocycles. The van der Waals surface area contributed by atoms with Crippen LogP contribution in [-0.2, 0) is 0 Å². The number of halogens is 1. The Hall–Kier alpha value is -2.92. The molecule has 1 fully saturated rings. The molecule has 0 atom stereocenters. The lowest BCUT2D eigenvalue weighted by Crippen LogP contribution is -2.30. The summed E-state index contributed by atoms with van der Waals surface area (Å²) in [5, 5.41) is 3.45. The second-order valence-corrected chi connectivity index (χ2v) is 7.30. The lowest BCUT2D eigenvalue weighted by Gasteiger charge is -2.26. The predicted octanol–water partition coefficient (Wildman–Crippen LogP) is 5.04. The number of carbonyl (C=O) groups excluding carboxylic acids is 1. The van der Waals surface area contributed by atoms with E-state index >= 15 is 0 Å². The summed E-state index contributed by atoms with van der Waals surface area (Å²) in [6.45, 7) is 2.02. The van der Waals surface area contributed by atoms with Gasteiger partial charge in [-0.25, -0.2) is 9.97 Å². The van der Waals surface area contributed by atoms with Gasteiger partial charge in [-0.15, -0.1) is 0 Å². The van der Waals surface area contributed by atoms with Crippen LogP contribution in [0.4, 0.5) is 11.6 Å². The quantitative estimate of drug-likeness (QED) is 0.675. The van der Waals surface area contributed by atoms with Gasteiger partial charge in [0, 0.05) is 47.3 Å². The Morgan fingerprint density at radius 3 is 2.43 bits per heavy atom.